The van der Waals surface area contributed by atoms with Crippen molar-refractivity contribution in [2.75, 3.05) is 5.32 Å². The summed E-state index contributed by atoms with van der Waals surface area (Å²) >= 11 is 0. The summed E-state index contributed by atoms with van der Waals surface area (Å²) in [5.74, 6) is -1.26. The molecule has 2 N–H and O–H groups in total. The summed E-state index contributed by atoms with van der Waals surface area (Å²) in [7, 11) is 0. The Morgan fingerprint density at radius 2 is 1.96 bits per heavy atom. The summed E-state index contributed by atoms with van der Waals surface area (Å²) in [6.07, 6.45) is 3.40. The highest BCUT2D eigenvalue weighted by molar-refractivity contribution is 5.90. The first-order valence-electron chi connectivity index (χ1n) is 7.80. The number of benzene rings is 1. The third-order valence-corrected chi connectivity index (χ3v) is 3.75. The molecular formula is C17H19F2N3O4. The molecule has 0 fully saturated rings. The van der Waals surface area contributed by atoms with Gasteiger partial charge in [0.05, 0.1) is 11.9 Å². The summed E-state index contributed by atoms with van der Waals surface area (Å²) < 4.78 is 29.7. The first kappa shape index (κ1) is 19.4. The molecule has 1 aromatic carbocycles. The zero-order chi connectivity index (χ0) is 19.3. The van der Waals surface area contributed by atoms with Crippen molar-refractivity contribution in [1.82, 2.24) is 9.78 Å². The van der Waals surface area contributed by atoms with Gasteiger partial charge in [-0.3, -0.25) is 9.48 Å². The van der Waals surface area contributed by atoms with Crippen molar-refractivity contribution in [3.63, 3.8) is 0 Å². The monoisotopic (exact) mass is 367 g/mol. The molecule has 0 radical (unpaired) electrons. The number of halogens is 2. The Hall–Kier alpha value is -2.97. The highest BCUT2D eigenvalue weighted by Gasteiger charge is 2.30. The minimum atomic E-state index is -2.88. The molecule has 0 bridgehead atoms. The zero-order valence-electron chi connectivity index (χ0n) is 14.3. The molecule has 2 rings (SSSR count). The summed E-state index contributed by atoms with van der Waals surface area (Å²) in [6.45, 7) is 0.115. The van der Waals surface area contributed by atoms with Gasteiger partial charge in [-0.25, -0.2) is 4.79 Å². The Morgan fingerprint density at radius 3 is 2.54 bits per heavy atom. The third kappa shape index (κ3) is 5.01. The SMILES string of the molecule is CC(C)(C(=O)O)n1cc(NC(=O)CCc2ccc(OC(F)F)cc2)cn1. The topological polar surface area (TPSA) is 93.5 Å². The van der Waals surface area contributed by atoms with Crippen LogP contribution in [0.3, 0.4) is 0 Å². The van der Waals surface area contributed by atoms with Crippen LogP contribution in [0.4, 0.5) is 14.5 Å². The van der Waals surface area contributed by atoms with E-state index in [1.807, 2.05) is 0 Å². The lowest BCUT2D eigenvalue weighted by atomic mass is 10.1. The van der Waals surface area contributed by atoms with E-state index in [0.717, 1.165) is 5.56 Å². The number of amides is 1. The van der Waals surface area contributed by atoms with Crippen molar-refractivity contribution in [2.24, 2.45) is 0 Å². The number of hydrogen-bond donors (Lipinski definition) is 2. The molecule has 0 atom stereocenters. The number of nitrogens with one attached hydrogen (secondary N) is 1. The predicted molar refractivity (Wildman–Crippen MR) is 89.2 cm³/mol. The second-order valence-electron chi connectivity index (χ2n) is 6.11. The summed E-state index contributed by atoms with van der Waals surface area (Å²) in [5, 5.41) is 15.8. The highest BCUT2D eigenvalue weighted by Crippen LogP contribution is 2.18. The number of hydrogen-bond acceptors (Lipinski definition) is 4. The number of carbonyl (C=O) groups is 2. The standard InChI is InChI=1S/C17H19F2N3O4/c1-17(2,15(24)25)22-10-12(9-20-22)21-14(23)8-5-11-3-6-13(7-4-11)26-16(18)19/h3-4,6-7,9-10,16H,5,8H2,1-2H3,(H,21,23)(H,24,25). The smallest absolute Gasteiger partial charge is 0.387 e. The number of carbonyl (C=O) groups excluding carboxylic acids is 1. The Balaban J connectivity index is 1.87. The van der Waals surface area contributed by atoms with Crippen LogP contribution >= 0.6 is 0 Å². The normalized spacial score (nSPS) is 11.4. The number of aryl methyl sites for hydroxylation is 1. The van der Waals surface area contributed by atoms with Gasteiger partial charge in [-0.1, -0.05) is 12.1 Å². The van der Waals surface area contributed by atoms with Crippen LogP contribution in [0, 0.1) is 0 Å². The molecule has 0 aliphatic carbocycles. The van der Waals surface area contributed by atoms with Gasteiger partial charge in [0.2, 0.25) is 5.91 Å². The van der Waals surface area contributed by atoms with Gasteiger partial charge in [0.25, 0.3) is 0 Å². The van der Waals surface area contributed by atoms with E-state index < -0.39 is 18.1 Å². The molecule has 0 saturated heterocycles. The number of ether oxygens (including phenoxy) is 1. The molecule has 1 amide bonds. The van der Waals surface area contributed by atoms with Gasteiger partial charge in [0, 0.05) is 12.6 Å². The number of carboxylic acids is 1. The van der Waals surface area contributed by atoms with Crippen molar-refractivity contribution in [3.05, 3.63) is 42.2 Å². The second kappa shape index (κ2) is 7.94. The van der Waals surface area contributed by atoms with Crippen molar-refractivity contribution in [2.45, 2.75) is 38.8 Å². The first-order chi connectivity index (χ1) is 12.2. The van der Waals surface area contributed by atoms with Crippen molar-refractivity contribution >= 4 is 17.6 Å². The van der Waals surface area contributed by atoms with Gasteiger partial charge in [-0.15, -0.1) is 0 Å². The lowest BCUT2D eigenvalue weighted by Gasteiger charge is -2.19. The van der Waals surface area contributed by atoms with Gasteiger partial charge in [0.15, 0.2) is 5.54 Å². The van der Waals surface area contributed by atoms with E-state index in [1.165, 1.54) is 43.1 Å². The van der Waals surface area contributed by atoms with Crippen molar-refractivity contribution in [1.29, 1.82) is 0 Å². The fourth-order valence-electron chi connectivity index (χ4n) is 2.11. The highest BCUT2D eigenvalue weighted by atomic mass is 19.3. The van der Waals surface area contributed by atoms with E-state index >= 15 is 0 Å². The summed E-state index contributed by atoms with van der Waals surface area (Å²) in [6, 6.07) is 6.05. The second-order valence-corrected chi connectivity index (χ2v) is 6.11. The summed E-state index contributed by atoms with van der Waals surface area (Å²) in [5.41, 5.74) is -0.0418. The number of aliphatic carboxylic acids is 1. The quantitative estimate of drug-likeness (QED) is 0.748. The molecule has 9 heteroatoms. The number of anilines is 1. The molecule has 7 nitrogen and oxygen atoms in total. The van der Waals surface area contributed by atoms with E-state index in [0.29, 0.717) is 12.1 Å². The van der Waals surface area contributed by atoms with Crippen molar-refractivity contribution < 1.29 is 28.2 Å². The van der Waals surface area contributed by atoms with Crippen LogP contribution in [0.1, 0.15) is 25.8 Å². The fourth-order valence-corrected chi connectivity index (χ4v) is 2.11. The Labute approximate surface area is 148 Å². The number of aromatic nitrogens is 2. The molecule has 0 spiro atoms. The van der Waals surface area contributed by atoms with Gasteiger partial charge in [-0.2, -0.15) is 13.9 Å². The van der Waals surface area contributed by atoms with Gasteiger partial charge >= 0.3 is 12.6 Å². The molecule has 0 unspecified atom stereocenters. The van der Waals surface area contributed by atoms with Crippen molar-refractivity contribution in [3.8, 4) is 5.75 Å². The number of nitrogens with zero attached hydrogens (tertiary/aromatic N) is 2. The summed E-state index contributed by atoms with van der Waals surface area (Å²) in [4.78, 5) is 23.2. The molecule has 0 aliphatic rings. The first-order valence-corrected chi connectivity index (χ1v) is 7.80. The van der Waals surface area contributed by atoms with E-state index in [9.17, 15) is 18.4 Å². The molecule has 0 saturated carbocycles. The largest absolute Gasteiger partial charge is 0.479 e. The van der Waals surface area contributed by atoms with E-state index in [2.05, 4.69) is 15.2 Å². The lowest BCUT2D eigenvalue weighted by molar-refractivity contribution is -0.146. The molecule has 2 aromatic rings. The Morgan fingerprint density at radius 1 is 1.31 bits per heavy atom. The molecule has 26 heavy (non-hydrogen) atoms. The lowest BCUT2D eigenvalue weighted by Crippen LogP contribution is -2.35. The fraction of sp³-hybridized carbons (Fsp3) is 0.353. The average molecular weight is 367 g/mol. The van der Waals surface area contributed by atoms with E-state index in [-0.39, 0.29) is 18.1 Å². The maximum atomic E-state index is 12.1. The predicted octanol–water partition coefficient (Wildman–Crippen LogP) is 2.88. The number of alkyl halides is 2. The minimum Gasteiger partial charge on any atom is -0.479 e. The van der Waals surface area contributed by atoms with Crippen LogP contribution in [0.25, 0.3) is 0 Å². The van der Waals surface area contributed by atoms with Crippen LogP contribution < -0.4 is 10.1 Å². The van der Waals surface area contributed by atoms with Gasteiger partial charge in [0.1, 0.15) is 5.75 Å². The molecule has 140 valence electrons. The van der Waals surface area contributed by atoms with E-state index in [4.69, 9.17) is 5.11 Å². The van der Waals surface area contributed by atoms with Gasteiger partial charge in [-0.05, 0) is 38.0 Å². The molecule has 1 aromatic heterocycles. The third-order valence-electron chi connectivity index (χ3n) is 3.75. The van der Waals surface area contributed by atoms with Gasteiger partial charge < -0.3 is 15.2 Å². The van der Waals surface area contributed by atoms with Crippen LogP contribution in [0.5, 0.6) is 5.75 Å². The van der Waals surface area contributed by atoms with E-state index in [1.54, 1.807) is 12.1 Å². The maximum absolute atomic E-state index is 12.1. The minimum absolute atomic E-state index is 0.0571. The number of rotatable bonds is 8. The van der Waals surface area contributed by atoms with Crippen LogP contribution in [0.15, 0.2) is 36.7 Å². The molecular weight excluding hydrogens is 348 g/mol. The Bertz CT molecular complexity index is 773. The maximum Gasteiger partial charge on any atom is 0.387 e. The zero-order valence-corrected chi connectivity index (χ0v) is 14.3. The molecule has 0 aliphatic heterocycles. The average Bonchev–Trinajstić information content (AvgIpc) is 3.02. The van der Waals surface area contributed by atoms with Crippen LogP contribution in [-0.2, 0) is 21.5 Å². The van der Waals surface area contributed by atoms with Crippen LogP contribution in [-0.4, -0.2) is 33.4 Å². The van der Waals surface area contributed by atoms with Crippen LogP contribution in [0.2, 0.25) is 0 Å². The Kier molecular flexibility index (Phi) is 5.91. The number of carboxylic acid groups (broad SMARTS) is 1. The molecule has 1 heterocycles.